The molecule has 4 nitrogen and oxygen atoms in total. The molecule has 0 unspecified atom stereocenters. The minimum absolute atomic E-state index is 0.139. The first kappa shape index (κ1) is 12.4. The molecule has 0 bridgehead atoms. The molecular weight excluding hydrogens is 245 g/mol. The number of nitrogens with zero attached hydrogens (tertiary/aromatic N) is 3. The van der Waals surface area contributed by atoms with E-state index in [0.717, 1.165) is 18.3 Å². The predicted octanol–water partition coefficient (Wildman–Crippen LogP) is 3.06. The van der Waals surface area contributed by atoms with Crippen molar-refractivity contribution in [2.24, 2.45) is 0 Å². The average molecular weight is 256 g/mol. The number of pyridine rings is 1. The summed E-state index contributed by atoms with van der Waals surface area (Å²) in [5, 5.41) is 6.78. The van der Waals surface area contributed by atoms with Crippen LogP contribution in [0.1, 0.15) is 12.5 Å². The topological polar surface area (TPSA) is 42.7 Å². The molecule has 7 heteroatoms. The Bertz CT molecular complexity index is 533. The lowest BCUT2D eigenvalue weighted by Gasteiger charge is -2.08. The van der Waals surface area contributed by atoms with Crippen LogP contribution in [0.5, 0.6) is 0 Å². The van der Waals surface area contributed by atoms with E-state index in [1.54, 1.807) is 10.9 Å². The minimum Gasteiger partial charge on any atom is -0.338 e. The van der Waals surface area contributed by atoms with Gasteiger partial charge in [-0.3, -0.25) is 4.68 Å². The summed E-state index contributed by atoms with van der Waals surface area (Å²) in [6, 6.07) is 1.89. The van der Waals surface area contributed by atoms with E-state index in [2.05, 4.69) is 15.4 Å². The molecule has 1 N–H and O–H groups in total. The van der Waals surface area contributed by atoms with Gasteiger partial charge in [-0.1, -0.05) is 0 Å². The van der Waals surface area contributed by atoms with Crippen LogP contribution in [0.15, 0.2) is 30.7 Å². The van der Waals surface area contributed by atoms with Crippen LogP contribution in [-0.2, 0) is 12.7 Å². The maximum atomic E-state index is 12.5. The number of aromatic nitrogens is 3. The molecule has 0 radical (unpaired) electrons. The van der Waals surface area contributed by atoms with E-state index < -0.39 is 11.7 Å². The van der Waals surface area contributed by atoms with Gasteiger partial charge >= 0.3 is 6.18 Å². The molecule has 2 aromatic heterocycles. The fourth-order valence-corrected chi connectivity index (χ4v) is 1.42. The number of anilines is 2. The van der Waals surface area contributed by atoms with Crippen molar-refractivity contribution in [3.8, 4) is 0 Å². The predicted molar refractivity (Wildman–Crippen MR) is 60.4 cm³/mol. The van der Waals surface area contributed by atoms with Gasteiger partial charge in [0.2, 0.25) is 0 Å². The summed E-state index contributed by atoms with van der Waals surface area (Å²) in [6.07, 6.45) is -0.0181. The van der Waals surface area contributed by atoms with Crippen molar-refractivity contribution in [3.05, 3.63) is 36.3 Å². The van der Waals surface area contributed by atoms with Gasteiger partial charge in [0, 0.05) is 18.9 Å². The third-order valence-electron chi connectivity index (χ3n) is 2.32. The molecule has 0 aliphatic heterocycles. The highest BCUT2D eigenvalue weighted by Gasteiger charge is 2.30. The largest absolute Gasteiger partial charge is 0.416 e. The number of hydrogen-bond acceptors (Lipinski definition) is 3. The Morgan fingerprint density at radius 3 is 2.78 bits per heavy atom. The lowest BCUT2D eigenvalue weighted by atomic mass is 10.2. The molecule has 0 aliphatic rings. The molecule has 2 heterocycles. The Hall–Kier alpha value is -2.05. The highest BCUT2D eigenvalue weighted by Crippen LogP contribution is 2.30. The van der Waals surface area contributed by atoms with Crippen LogP contribution in [-0.4, -0.2) is 14.8 Å². The second kappa shape index (κ2) is 4.67. The fourth-order valence-electron chi connectivity index (χ4n) is 1.42. The molecule has 0 aliphatic carbocycles. The van der Waals surface area contributed by atoms with Crippen LogP contribution < -0.4 is 5.32 Å². The highest BCUT2D eigenvalue weighted by atomic mass is 19.4. The Kier molecular flexibility index (Phi) is 3.22. The van der Waals surface area contributed by atoms with E-state index in [4.69, 9.17) is 0 Å². The number of nitrogens with one attached hydrogen (secondary N) is 1. The van der Waals surface area contributed by atoms with E-state index in [1.807, 2.05) is 6.92 Å². The molecule has 0 aromatic carbocycles. The lowest BCUT2D eigenvalue weighted by molar-refractivity contribution is -0.137. The average Bonchev–Trinajstić information content (AvgIpc) is 2.76. The van der Waals surface area contributed by atoms with Crippen LogP contribution in [0.25, 0.3) is 0 Å². The van der Waals surface area contributed by atoms with Gasteiger partial charge in [0.1, 0.15) is 5.82 Å². The number of aryl methyl sites for hydroxylation is 1. The Labute approximate surface area is 101 Å². The highest BCUT2D eigenvalue weighted by molar-refractivity contribution is 5.54. The normalized spacial score (nSPS) is 11.6. The summed E-state index contributed by atoms with van der Waals surface area (Å²) < 4.78 is 39.1. The van der Waals surface area contributed by atoms with Gasteiger partial charge in [0.15, 0.2) is 0 Å². The Morgan fingerprint density at radius 2 is 2.17 bits per heavy atom. The number of rotatable bonds is 3. The van der Waals surface area contributed by atoms with E-state index in [9.17, 15) is 13.2 Å². The summed E-state index contributed by atoms with van der Waals surface area (Å²) in [5.41, 5.74) is -0.133. The summed E-state index contributed by atoms with van der Waals surface area (Å²) in [7, 11) is 0. The number of hydrogen-bond donors (Lipinski definition) is 1. The maximum absolute atomic E-state index is 12.5. The van der Waals surface area contributed by atoms with Crippen LogP contribution in [0.4, 0.5) is 24.7 Å². The molecule has 2 rings (SSSR count). The van der Waals surface area contributed by atoms with E-state index >= 15 is 0 Å². The van der Waals surface area contributed by atoms with Crippen LogP contribution in [0.2, 0.25) is 0 Å². The lowest BCUT2D eigenvalue weighted by Crippen LogP contribution is -2.06. The summed E-state index contributed by atoms with van der Waals surface area (Å²) >= 11 is 0. The first-order valence-electron chi connectivity index (χ1n) is 5.32. The Morgan fingerprint density at radius 1 is 1.39 bits per heavy atom. The number of halogens is 3. The number of alkyl halides is 3. The van der Waals surface area contributed by atoms with Crippen LogP contribution in [0, 0.1) is 0 Å². The summed E-state index contributed by atoms with van der Waals surface area (Å²) in [5.74, 6) is 0.139. The van der Waals surface area contributed by atoms with Crippen LogP contribution in [0.3, 0.4) is 0 Å². The van der Waals surface area contributed by atoms with Gasteiger partial charge < -0.3 is 5.32 Å². The molecular formula is C11H11F3N4. The van der Waals surface area contributed by atoms with E-state index in [0.29, 0.717) is 12.2 Å². The molecule has 0 amide bonds. The molecule has 0 saturated carbocycles. The van der Waals surface area contributed by atoms with Gasteiger partial charge in [0.25, 0.3) is 0 Å². The zero-order valence-corrected chi connectivity index (χ0v) is 9.57. The monoisotopic (exact) mass is 256 g/mol. The molecule has 0 atom stereocenters. The maximum Gasteiger partial charge on any atom is 0.416 e. The quantitative estimate of drug-likeness (QED) is 0.917. The molecule has 2 aromatic rings. The van der Waals surface area contributed by atoms with Crippen LogP contribution >= 0.6 is 0 Å². The summed E-state index contributed by atoms with van der Waals surface area (Å²) in [4.78, 5) is 3.84. The van der Waals surface area contributed by atoms with Crippen molar-refractivity contribution in [2.45, 2.75) is 19.6 Å². The third kappa shape index (κ3) is 2.79. The van der Waals surface area contributed by atoms with Crippen molar-refractivity contribution >= 4 is 11.5 Å². The fraction of sp³-hybridized carbons (Fsp3) is 0.273. The van der Waals surface area contributed by atoms with Crippen molar-refractivity contribution in [1.82, 2.24) is 14.8 Å². The van der Waals surface area contributed by atoms with Crippen molar-refractivity contribution in [2.75, 3.05) is 5.32 Å². The Balaban J connectivity index is 2.19. The second-order valence-corrected chi connectivity index (χ2v) is 3.64. The van der Waals surface area contributed by atoms with Crippen molar-refractivity contribution in [3.63, 3.8) is 0 Å². The van der Waals surface area contributed by atoms with Gasteiger partial charge in [-0.15, -0.1) is 0 Å². The third-order valence-corrected chi connectivity index (χ3v) is 2.32. The zero-order chi connectivity index (χ0) is 13.2. The summed E-state index contributed by atoms with van der Waals surface area (Å²) in [6.45, 7) is 2.61. The first-order valence-corrected chi connectivity index (χ1v) is 5.32. The SMILES string of the molecule is CCn1cc(Nc2cc(C(F)(F)F)ccn2)cn1. The molecule has 96 valence electrons. The van der Waals surface area contributed by atoms with E-state index in [-0.39, 0.29) is 5.82 Å². The van der Waals surface area contributed by atoms with Gasteiger partial charge in [-0.05, 0) is 19.1 Å². The van der Waals surface area contributed by atoms with Gasteiger partial charge in [-0.25, -0.2) is 4.98 Å². The molecule has 18 heavy (non-hydrogen) atoms. The minimum atomic E-state index is -4.37. The van der Waals surface area contributed by atoms with E-state index in [1.165, 1.54) is 6.20 Å². The second-order valence-electron chi connectivity index (χ2n) is 3.64. The zero-order valence-electron chi connectivity index (χ0n) is 9.57. The van der Waals surface area contributed by atoms with Gasteiger partial charge in [0.05, 0.1) is 17.4 Å². The van der Waals surface area contributed by atoms with Gasteiger partial charge in [-0.2, -0.15) is 18.3 Å². The van der Waals surface area contributed by atoms with Crippen molar-refractivity contribution in [1.29, 1.82) is 0 Å². The molecule has 0 saturated heterocycles. The molecule has 0 spiro atoms. The smallest absolute Gasteiger partial charge is 0.338 e. The molecule has 0 fully saturated rings. The standard InChI is InChI=1S/C11H11F3N4/c1-2-18-7-9(6-16-18)17-10-5-8(3-4-15-10)11(12,13)14/h3-7H,2H2,1H3,(H,15,17). The first-order chi connectivity index (χ1) is 8.49. The van der Waals surface area contributed by atoms with Crippen molar-refractivity contribution < 1.29 is 13.2 Å².